The number of rotatable bonds is 7. The molecule has 0 spiro atoms. The smallest absolute Gasteiger partial charge is 0.227 e. The molecule has 0 unspecified atom stereocenters. The van der Waals surface area contributed by atoms with Gasteiger partial charge >= 0.3 is 0 Å². The lowest BCUT2D eigenvalue weighted by Crippen LogP contribution is -2.49. The van der Waals surface area contributed by atoms with Crippen LogP contribution >= 0.6 is 24.0 Å². The van der Waals surface area contributed by atoms with Crippen molar-refractivity contribution in [3.63, 3.8) is 0 Å². The molecule has 0 atom stereocenters. The normalized spacial score (nSPS) is 15.4. The van der Waals surface area contributed by atoms with E-state index in [0.29, 0.717) is 25.7 Å². The molecule has 1 amide bonds. The molecule has 0 radical (unpaired) electrons. The van der Waals surface area contributed by atoms with Crippen molar-refractivity contribution in [2.75, 3.05) is 13.1 Å². The van der Waals surface area contributed by atoms with Gasteiger partial charge in [-0.05, 0) is 40.5 Å². The zero-order chi connectivity index (χ0) is 19.2. The maximum atomic E-state index is 12.2. The largest absolute Gasteiger partial charge is 0.356 e. The number of aliphatic imine (C=N–C) groups is 1. The Morgan fingerprint density at radius 2 is 1.93 bits per heavy atom. The Labute approximate surface area is 179 Å². The van der Waals surface area contributed by atoms with Gasteiger partial charge in [0.15, 0.2) is 11.8 Å². The van der Waals surface area contributed by atoms with Crippen LogP contribution in [0.2, 0.25) is 0 Å². The number of aryl methyl sites for hydroxylation is 1. The van der Waals surface area contributed by atoms with Gasteiger partial charge in [-0.2, -0.15) is 0 Å². The predicted octanol–water partition coefficient (Wildman–Crippen LogP) is 1.88. The van der Waals surface area contributed by atoms with Crippen molar-refractivity contribution in [1.82, 2.24) is 30.7 Å². The zero-order valence-electron chi connectivity index (χ0n) is 17.1. The molecule has 0 saturated heterocycles. The highest BCUT2D eigenvalue weighted by molar-refractivity contribution is 14.0. The van der Waals surface area contributed by atoms with E-state index in [9.17, 15) is 4.79 Å². The highest BCUT2D eigenvalue weighted by Gasteiger charge is 2.27. The van der Waals surface area contributed by atoms with Crippen molar-refractivity contribution >= 4 is 35.8 Å². The summed E-state index contributed by atoms with van der Waals surface area (Å²) >= 11 is 0. The summed E-state index contributed by atoms with van der Waals surface area (Å²) in [6.07, 6.45) is 4.81. The molecule has 8 nitrogen and oxygen atoms in total. The number of amides is 1. The zero-order valence-corrected chi connectivity index (χ0v) is 19.5. The topological polar surface area (TPSA) is 96.2 Å². The lowest BCUT2D eigenvalue weighted by molar-refractivity contribution is -0.128. The van der Waals surface area contributed by atoms with Gasteiger partial charge in [-0.1, -0.05) is 12.8 Å². The Hall–Kier alpha value is -1.39. The van der Waals surface area contributed by atoms with Crippen LogP contribution in [0.25, 0.3) is 0 Å². The monoisotopic (exact) mass is 491 g/mol. The van der Waals surface area contributed by atoms with Crippen LogP contribution in [0.5, 0.6) is 0 Å². The van der Waals surface area contributed by atoms with Crippen molar-refractivity contribution in [3.05, 3.63) is 11.6 Å². The van der Waals surface area contributed by atoms with E-state index in [-0.39, 0.29) is 29.9 Å². The van der Waals surface area contributed by atoms with E-state index in [2.05, 4.69) is 31.1 Å². The van der Waals surface area contributed by atoms with E-state index >= 15 is 0 Å². The summed E-state index contributed by atoms with van der Waals surface area (Å²) in [5.41, 5.74) is -0.518. The van der Waals surface area contributed by atoms with Gasteiger partial charge in [0.25, 0.3) is 0 Å². The maximum absolute atomic E-state index is 12.2. The van der Waals surface area contributed by atoms with Gasteiger partial charge in [-0.3, -0.25) is 4.79 Å². The molecule has 1 saturated carbocycles. The number of hydrogen-bond donors (Lipinski definition) is 3. The molecule has 1 aromatic heterocycles. The number of aromatic nitrogens is 3. The fourth-order valence-electron chi connectivity index (χ4n) is 2.94. The summed E-state index contributed by atoms with van der Waals surface area (Å²) in [5, 5.41) is 18.0. The van der Waals surface area contributed by atoms with Gasteiger partial charge < -0.3 is 20.5 Å². The second-order valence-electron chi connectivity index (χ2n) is 7.61. The standard InChI is InChI=1S/C18H33N7O.HI/c1-6-19-16(26)18(3,4)12-21-17(22-14-9-7-8-10-14)20-11-15-24-23-13(2)25(15)5;/h14H,6-12H2,1-5H3,(H,19,26)(H2,20,21,22);1H. The fraction of sp³-hybridized carbons (Fsp3) is 0.778. The van der Waals surface area contributed by atoms with Crippen molar-refractivity contribution < 1.29 is 4.79 Å². The van der Waals surface area contributed by atoms with Crippen molar-refractivity contribution in [2.45, 2.75) is 66.0 Å². The minimum absolute atomic E-state index is 0. The summed E-state index contributed by atoms with van der Waals surface area (Å²) in [6, 6.07) is 0.440. The molecule has 0 aliphatic heterocycles. The van der Waals surface area contributed by atoms with E-state index in [1.54, 1.807) is 0 Å². The summed E-state index contributed by atoms with van der Waals surface area (Å²) < 4.78 is 1.94. The fourth-order valence-corrected chi connectivity index (χ4v) is 2.94. The summed E-state index contributed by atoms with van der Waals surface area (Å²) in [5.74, 6) is 2.45. The predicted molar refractivity (Wildman–Crippen MR) is 118 cm³/mol. The molecule has 154 valence electrons. The number of carbonyl (C=O) groups excluding carboxylic acids is 1. The number of guanidine groups is 1. The van der Waals surface area contributed by atoms with E-state index in [1.807, 2.05) is 39.3 Å². The molecule has 1 aliphatic carbocycles. The quantitative estimate of drug-likeness (QED) is 0.308. The van der Waals surface area contributed by atoms with Crippen LogP contribution in [0.15, 0.2) is 4.99 Å². The molecule has 0 bridgehead atoms. The second kappa shape index (κ2) is 10.8. The van der Waals surface area contributed by atoms with Crippen LogP contribution in [-0.4, -0.2) is 45.8 Å². The first-order valence-corrected chi connectivity index (χ1v) is 9.51. The Balaban J connectivity index is 0.00000364. The SMILES string of the molecule is CCNC(=O)C(C)(C)CNC(=NCc1nnc(C)n1C)NC1CCCC1.I. The summed E-state index contributed by atoms with van der Waals surface area (Å²) in [7, 11) is 1.94. The average Bonchev–Trinajstić information content (AvgIpc) is 3.22. The summed E-state index contributed by atoms with van der Waals surface area (Å²) in [4.78, 5) is 16.9. The second-order valence-corrected chi connectivity index (χ2v) is 7.61. The Bertz CT molecular complexity index is 636. The minimum atomic E-state index is -0.518. The third-order valence-corrected chi connectivity index (χ3v) is 4.91. The molecular formula is C18H34IN7O. The lowest BCUT2D eigenvalue weighted by Gasteiger charge is -2.26. The number of nitrogens with one attached hydrogen (secondary N) is 3. The highest BCUT2D eigenvalue weighted by Crippen LogP contribution is 2.18. The highest BCUT2D eigenvalue weighted by atomic mass is 127. The molecule has 3 N–H and O–H groups in total. The third-order valence-electron chi connectivity index (χ3n) is 4.91. The van der Waals surface area contributed by atoms with Gasteiger partial charge in [0, 0.05) is 26.2 Å². The summed E-state index contributed by atoms with van der Waals surface area (Å²) in [6.45, 7) is 9.31. The Morgan fingerprint density at radius 1 is 1.26 bits per heavy atom. The molecule has 0 aromatic carbocycles. The van der Waals surface area contributed by atoms with Crippen LogP contribution in [0.3, 0.4) is 0 Å². The first-order chi connectivity index (χ1) is 12.3. The maximum Gasteiger partial charge on any atom is 0.227 e. The Morgan fingerprint density at radius 3 is 2.48 bits per heavy atom. The van der Waals surface area contributed by atoms with Crippen molar-refractivity contribution in [3.8, 4) is 0 Å². The van der Waals surface area contributed by atoms with E-state index in [1.165, 1.54) is 12.8 Å². The van der Waals surface area contributed by atoms with Gasteiger partial charge in [0.2, 0.25) is 5.91 Å². The molecule has 2 rings (SSSR count). The number of carbonyl (C=O) groups is 1. The van der Waals surface area contributed by atoms with Crippen molar-refractivity contribution in [1.29, 1.82) is 0 Å². The average molecular weight is 491 g/mol. The number of halogens is 1. The third kappa shape index (κ3) is 6.93. The van der Waals surface area contributed by atoms with E-state index in [0.717, 1.165) is 30.5 Å². The first-order valence-electron chi connectivity index (χ1n) is 9.51. The molecule has 1 heterocycles. The van der Waals surface area contributed by atoms with Gasteiger partial charge in [-0.15, -0.1) is 34.2 Å². The molecule has 1 fully saturated rings. The minimum Gasteiger partial charge on any atom is -0.356 e. The van der Waals surface area contributed by atoms with Gasteiger partial charge in [-0.25, -0.2) is 4.99 Å². The van der Waals surface area contributed by atoms with Crippen LogP contribution in [0, 0.1) is 12.3 Å². The van der Waals surface area contributed by atoms with Crippen LogP contribution in [0.4, 0.5) is 0 Å². The van der Waals surface area contributed by atoms with Crippen LogP contribution in [-0.2, 0) is 18.4 Å². The van der Waals surface area contributed by atoms with E-state index in [4.69, 9.17) is 0 Å². The molecule has 27 heavy (non-hydrogen) atoms. The van der Waals surface area contributed by atoms with Gasteiger partial charge in [0.1, 0.15) is 12.4 Å². The molecule has 1 aromatic rings. The molecule has 1 aliphatic rings. The molecular weight excluding hydrogens is 457 g/mol. The number of nitrogens with zero attached hydrogens (tertiary/aromatic N) is 4. The van der Waals surface area contributed by atoms with Crippen LogP contribution in [0.1, 0.15) is 58.1 Å². The van der Waals surface area contributed by atoms with Gasteiger partial charge in [0.05, 0.1) is 5.41 Å². The lowest BCUT2D eigenvalue weighted by atomic mass is 9.92. The van der Waals surface area contributed by atoms with Crippen molar-refractivity contribution in [2.24, 2.45) is 17.5 Å². The first kappa shape index (κ1) is 23.6. The Kier molecular flexibility index (Phi) is 9.48. The van der Waals surface area contributed by atoms with Crippen LogP contribution < -0.4 is 16.0 Å². The molecule has 9 heteroatoms. The van der Waals surface area contributed by atoms with E-state index < -0.39 is 5.41 Å². The number of hydrogen-bond acceptors (Lipinski definition) is 4.